The van der Waals surface area contributed by atoms with Crippen LogP contribution in [-0.2, 0) is 0 Å². The Labute approximate surface area is 50.4 Å². The highest BCUT2D eigenvalue weighted by Gasteiger charge is 1.92. The highest BCUT2D eigenvalue weighted by Crippen LogP contribution is 1.99. The molecule has 0 rings (SSSR count). The Morgan fingerprint density at radius 1 is 1.62 bits per heavy atom. The first-order chi connectivity index (χ1) is 3.77. The Kier molecular flexibility index (Phi) is 4.62. The molecule has 8 heavy (non-hydrogen) atoms. The van der Waals surface area contributed by atoms with Gasteiger partial charge in [-0.3, -0.25) is 0 Å². The summed E-state index contributed by atoms with van der Waals surface area (Å²) in [7, 11) is 0. The minimum atomic E-state index is -0.647. The summed E-state index contributed by atoms with van der Waals surface area (Å²) >= 11 is 0. The van der Waals surface area contributed by atoms with Crippen LogP contribution in [0.1, 0.15) is 26.7 Å². The molecule has 0 heterocycles. The van der Waals surface area contributed by atoms with E-state index in [0.717, 1.165) is 6.42 Å². The van der Waals surface area contributed by atoms with E-state index in [9.17, 15) is 4.39 Å². The summed E-state index contributed by atoms with van der Waals surface area (Å²) in [6.07, 6.45) is 4.81. The van der Waals surface area contributed by atoms with Gasteiger partial charge >= 0.3 is 0 Å². The molecule has 0 aliphatic carbocycles. The van der Waals surface area contributed by atoms with E-state index < -0.39 is 6.17 Å². The highest BCUT2D eigenvalue weighted by atomic mass is 19.1. The fraction of sp³-hybridized carbons (Fsp3) is 0.714. The number of halogens is 1. The molecule has 0 fully saturated rings. The van der Waals surface area contributed by atoms with Gasteiger partial charge in [-0.15, -0.1) is 0 Å². The predicted octanol–water partition coefficient (Wildman–Crippen LogP) is 2.70. The van der Waals surface area contributed by atoms with Crippen molar-refractivity contribution in [3.8, 4) is 0 Å². The van der Waals surface area contributed by atoms with Crippen LogP contribution in [0.15, 0.2) is 12.2 Å². The van der Waals surface area contributed by atoms with Crippen molar-refractivity contribution in [2.24, 2.45) is 0 Å². The molecule has 0 saturated carbocycles. The zero-order valence-electron chi connectivity index (χ0n) is 5.52. The van der Waals surface area contributed by atoms with Crippen LogP contribution in [0.5, 0.6) is 0 Å². The van der Waals surface area contributed by atoms with Crippen molar-refractivity contribution in [3.63, 3.8) is 0 Å². The zero-order valence-corrected chi connectivity index (χ0v) is 5.52. The monoisotopic (exact) mass is 116 g/mol. The van der Waals surface area contributed by atoms with E-state index in [-0.39, 0.29) is 0 Å². The van der Waals surface area contributed by atoms with Crippen LogP contribution in [0.4, 0.5) is 4.39 Å². The van der Waals surface area contributed by atoms with Gasteiger partial charge in [0.05, 0.1) is 6.17 Å². The maximum absolute atomic E-state index is 12.0. The SMILES string of the molecule is CC=CCCC(C)F. The van der Waals surface area contributed by atoms with Gasteiger partial charge in [-0.05, 0) is 26.7 Å². The molecule has 48 valence electrons. The van der Waals surface area contributed by atoms with Gasteiger partial charge in [0.2, 0.25) is 0 Å². The van der Waals surface area contributed by atoms with Crippen LogP contribution >= 0.6 is 0 Å². The van der Waals surface area contributed by atoms with Gasteiger partial charge in [-0.1, -0.05) is 12.2 Å². The smallest absolute Gasteiger partial charge is 0.0976 e. The van der Waals surface area contributed by atoms with Crippen molar-refractivity contribution in [1.29, 1.82) is 0 Å². The fourth-order valence-corrected chi connectivity index (χ4v) is 0.493. The fourth-order valence-electron chi connectivity index (χ4n) is 0.493. The van der Waals surface area contributed by atoms with E-state index in [1.54, 1.807) is 6.92 Å². The van der Waals surface area contributed by atoms with E-state index in [1.165, 1.54) is 0 Å². The van der Waals surface area contributed by atoms with Gasteiger partial charge < -0.3 is 0 Å². The van der Waals surface area contributed by atoms with Crippen LogP contribution in [-0.4, -0.2) is 6.17 Å². The molecule has 1 atom stereocenters. The first-order valence-electron chi connectivity index (χ1n) is 3.02. The normalized spacial score (nSPS) is 14.9. The van der Waals surface area contributed by atoms with Gasteiger partial charge in [0.1, 0.15) is 0 Å². The van der Waals surface area contributed by atoms with Crippen LogP contribution in [0.2, 0.25) is 0 Å². The average Bonchev–Trinajstić information content (AvgIpc) is 1.66. The molecule has 0 nitrogen and oxygen atoms in total. The van der Waals surface area contributed by atoms with Crippen molar-refractivity contribution in [2.75, 3.05) is 0 Å². The first kappa shape index (κ1) is 7.67. The number of hydrogen-bond donors (Lipinski definition) is 0. The van der Waals surface area contributed by atoms with Crippen LogP contribution in [0.3, 0.4) is 0 Å². The van der Waals surface area contributed by atoms with Crippen LogP contribution < -0.4 is 0 Å². The van der Waals surface area contributed by atoms with Crippen molar-refractivity contribution in [2.45, 2.75) is 32.9 Å². The van der Waals surface area contributed by atoms with E-state index >= 15 is 0 Å². The van der Waals surface area contributed by atoms with Crippen molar-refractivity contribution < 1.29 is 4.39 Å². The second kappa shape index (κ2) is 4.82. The molecule has 0 bridgehead atoms. The number of hydrogen-bond acceptors (Lipinski definition) is 0. The maximum Gasteiger partial charge on any atom is 0.0976 e. The molecule has 0 spiro atoms. The quantitative estimate of drug-likeness (QED) is 0.497. The Bertz CT molecular complexity index is 64.8. The lowest BCUT2D eigenvalue weighted by atomic mass is 10.2. The number of alkyl halides is 1. The molecule has 0 aromatic rings. The third-order valence-corrected chi connectivity index (χ3v) is 0.967. The van der Waals surface area contributed by atoms with Gasteiger partial charge in [0, 0.05) is 0 Å². The minimum Gasteiger partial charge on any atom is -0.248 e. The van der Waals surface area contributed by atoms with Crippen molar-refractivity contribution >= 4 is 0 Å². The summed E-state index contributed by atoms with van der Waals surface area (Å²) < 4.78 is 12.0. The lowest BCUT2D eigenvalue weighted by molar-refractivity contribution is 0.343. The Morgan fingerprint density at radius 2 is 2.25 bits per heavy atom. The molecule has 0 radical (unpaired) electrons. The minimum absolute atomic E-state index is 0.647. The molecule has 1 heteroatoms. The van der Waals surface area contributed by atoms with E-state index in [4.69, 9.17) is 0 Å². The van der Waals surface area contributed by atoms with E-state index in [2.05, 4.69) is 0 Å². The lowest BCUT2D eigenvalue weighted by Gasteiger charge is -1.93. The molecule has 0 N–H and O–H groups in total. The van der Waals surface area contributed by atoms with E-state index in [0.29, 0.717) is 6.42 Å². The summed E-state index contributed by atoms with van der Waals surface area (Å²) in [5.41, 5.74) is 0. The summed E-state index contributed by atoms with van der Waals surface area (Å²) in [4.78, 5) is 0. The van der Waals surface area contributed by atoms with Crippen molar-refractivity contribution in [1.82, 2.24) is 0 Å². The Hall–Kier alpha value is -0.330. The summed E-state index contributed by atoms with van der Waals surface area (Å²) in [6.45, 7) is 3.53. The van der Waals surface area contributed by atoms with E-state index in [1.807, 2.05) is 19.1 Å². The zero-order chi connectivity index (χ0) is 6.41. The molecule has 0 saturated heterocycles. The molecule has 0 amide bonds. The topological polar surface area (TPSA) is 0 Å². The predicted molar refractivity (Wildman–Crippen MR) is 34.6 cm³/mol. The summed E-state index contributed by atoms with van der Waals surface area (Å²) in [6, 6.07) is 0. The third-order valence-electron chi connectivity index (χ3n) is 0.967. The molecule has 0 aromatic carbocycles. The molecule has 1 unspecified atom stereocenters. The number of rotatable bonds is 3. The molecule has 0 aromatic heterocycles. The van der Waals surface area contributed by atoms with Gasteiger partial charge in [0.15, 0.2) is 0 Å². The second-order valence-corrected chi connectivity index (χ2v) is 1.93. The van der Waals surface area contributed by atoms with Crippen LogP contribution in [0, 0.1) is 0 Å². The Morgan fingerprint density at radius 3 is 2.62 bits per heavy atom. The second-order valence-electron chi connectivity index (χ2n) is 1.93. The summed E-state index contributed by atoms with van der Waals surface area (Å²) in [5, 5.41) is 0. The lowest BCUT2D eigenvalue weighted by Crippen LogP contribution is -1.88. The third kappa shape index (κ3) is 5.67. The number of allylic oxidation sites excluding steroid dienone is 2. The van der Waals surface area contributed by atoms with Gasteiger partial charge in [-0.25, -0.2) is 4.39 Å². The molecular weight excluding hydrogens is 103 g/mol. The average molecular weight is 116 g/mol. The molecular formula is C7H13F. The van der Waals surface area contributed by atoms with Gasteiger partial charge in [0.25, 0.3) is 0 Å². The Balaban J connectivity index is 2.93. The van der Waals surface area contributed by atoms with Crippen molar-refractivity contribution in [3.05, 3.63) is 12.2 Å². The highest BCUT2D eigenvalue weighted by molar-refractivity contribution is 4.76. The largest absolute Gasteiger partial charge is 0.248 e. The summed E-state index contributed by atoms with van der Waals surface area (Å²) in [5.74, 6) is 0. The van der Waals surface area contributed by atoms with Crippen LogP contribution in [0.25, 0.3) is 0 Å². The molecule has 0 aliphatic rings. The van der Waals surface area contributed by atoms with Gasteiger partial charge in [-0.2, -0.15) is 0 Å². The molecule has 0 aliphatic heterocycles. The standard InChI is InChI=1S/C7H13F/c1-3-4-5-6-7(2)8/h3-4,7H,5-6H2,1-2H3. The maximum atomic E-state index is 12.0. The first-order valence-corrected chi connectivity index (χ1v) is 3.02.